The van der Waals surface area contributed by atoms with Crippen LogP contribution in [0.2, 0.25) is 0 Å². The Balaban J connectivity index is 1.59. The monoisotopic (exact) mass is 517 g/mol. The highest BCUT2D eigenvalue weighted by Crippen LogP contribution is 2.35. The first kappa shape index (κ1) is 28.0. The average Bonchev–Trinajstić information content (AvgIpc) is 2.99. The molecule has 0 atom stereocenters. The zero-order valence-corrected chi connectivity index (χ0v) is 23.9. The third-order valence-electron chi connectivity index (χ3n) is 7.77. The number of hydrogen-bond donors (Lipinski definition) is 1. The van der Waals surface area contributed by atoms with Gasteiger partial charge >= 0.3 is 0 Å². The van der Waals surface area contributed by atoms with E-state index in [4.69, 9.17) is 0 Å². The molecule has 1 fully saturated rings. The predicted octanol–water partition coefficient (Wildman–Crippen LogP) is 9.17. The number of allylic oxidation sites excluding steroid dienone is 3. The molecule has 1 N–H and O–H groups in total. The second-order valence-electron chi connectivity index (χ2n) is 10.7. The number of anilines is 2. The van der Waals surface area contributed by atoms with E-state index in [1.54, 1.807) is 0 Å². The summed E-state index contributed by atoms with van der Waals surface area (Å²) >= 11 is 0. The quantitative estimate of drug-likeness (QED) is 0.256. The van der Waals surface area contributed by atoms with Gasteiger partial charge in [-0.3, -0.25) is 0 Å². The van der Waals surface area contributed by atoms with E-state index in [2.05, 4.69) is 122 Å². The van der Waals surface area contributed by atoms with E-state index in [0.717, 1.165) is 29.2 Å². The van der Waals surface area contributed by atoms with Gasteiger partial charge in [0, 0.05) is 49.1 Å². The Morgan fingerprint density at radius 1 is 0.872 bits per heavy atom. The summed E-state index contributed by atoms with van der Waals surface area (Å²) < 4.78 is 0. The summed E-state index contributed by atoms with van der Waals surface area (Å²) in [4.78, 5) is 4.54. The van der Waals surface area contributed by atoms with E-state index in [1.807, 2.05) is 19.1 Å². The summed E-state index contributed by atoms with van der Waals surface area (Å²) in [6, 6.07) is 26.3. The minimum atomic E-state index is 0.522. The van der Waals surface area contributed by atoms with E-state index in [9.17, 15) is 0 Å². The van der Waals surface area contributed by atoms with Crippen LogP contribution < -0.4 is 15.1 Å². The van der Waals surface area contributed by atoms with Gasteiger partial charge in [-0.05, 0) is 78.3 Å². The van der Waals surface area contributed by atoms with Crippen molar-refractivity contribution in [1.29, 1.82) is 0 Å². The lowest BCUT2D eigenvalue weighted by Crippen LogP contribution is -2.27. The van der Waals surface area contributed by atoms with Crippen LogP contribution in [-0.4, -0.2) is 14.1 Å². The first-order chi connectivity index (χ1) is 18.9. The molecule has 0 bridgehead atoms. The van der Waals surface area contributed by atoms with Crippen LogP contribution in [0.5, 0.6) is 0 Å². The van der Waals surface area contributed by atoms with Gasteiger partial charge < -0.3 is 15.1 Å². The number of hydrogen-bond acceptors (Lipinski definition) is 3. The van der Waals surface area contributed by atoms with Crippen LogP contribution >= 0.6 is 0 Å². The topological polar surface area (TPSA) is 18.5 Å². The Labute approximate surface area is 235 Å². The van der Waals surface area contributed by atoms with Crippen molar-refractivity contribution in [3.05, 3.63) is 127 Å². The van der Waals surface area contributed by atoms with Crippen molar-refractivity contribution < 1.29 is 0 Å². The van der Waals surface area contributed by atoms with Crippen molar-refractivity contribution in [2.24, 2.45) is 5.92 Å². The predicted molar refractivity (Wildman–Crippen MR) is 171 cm³/mol. The van der Waals surface area contributed by atoms with Crippen LogP contribution in [0.25, 0.3) is 16.8 Å². The molecule has 0 aromatic heterocycles. The number of rotatable bonds is 11. The molecular formula is C36H43N3. The van der Waals surface area contributed by atoms with E-state index < -0.39 is 0 Å². The Hall–Kier alpha value is -3.98. The van der Waals surface area contributed by atoms with Crippen LogP contribution in [0.4, 0.5) is 11.4 Å². The van der Waals surface area contributed by atoms with Crippen LogP contribution in [0.3, 0.4) is 0 Å². The van der Waals surface area contributed by atoms with Crippen LogP contribution in [0.15, 0.2) is 116 Å². The Morgan fingerprint density at radius 2 is 1.51 bits per heavy atom. The highest BCUT2D eigenvalue weighted by Gasteiger charge is 2.22. The van der Waals surface area contributed by atoms with Gasteiger partial charge in [-0.1, -0.05) is 93.6 Å². The molecule has 1 aliphatic carbocycles. The maximum Gasteiger partial charge on any atom is 0.0478 e. The molecular weight excluding hydrogens is 474 g/mol. The molecule has 1 aliphatic rings. The zero-order valence-electron chi connectivity index (χ0n) is 23.9. The molecule has 3 aromatic rings. The fourth-order valence-electron chi connectivity index (χ4n) is 5.30. The molecule has 3 aromatic carbocycles. The highest BCUT2D eigenvalue weighted by molar-refractivity contribution is 5.69. The largest absolute Gasteiger partial charge is 0.378 e. The Bertz CT molecular complexity index is 1310. The number of nitrogens with one attached hydrogen (secondary N) is 1. The second kappa shape index (κ2) is 13.2. The van der Waals surface area contributed by atoms with Gasteiger partial charge in [-0.15, -0.1) is 0 Å². The lowest BCUT2D eigenvalue weighted by atomic mass is 9.86. The lowest BCUT2D eigenvalue weighted by molar-refractivity contribution is 0.396. The molecule has 0 spiro atoms. The summed E-state index contributed by atoms with van der Waals surface area (Å²) in [5.74, 6) is 0.522. The lowest BCUT2D eigenvalue weighted by Gasteiger charge is -2.34. The SMILES string of the molecule is C=C/C(=C\C)NC(=C)c1cccc(N(Cc2ccc(-c3ccc(N(C)C)cc3)cc2)C(=C)C2CCCCC2)c1. The molecule has 0 amide bonds. The molecule has 0 heterocycles. The van der Waals surface area contributed by atoms with Crippen LogP contribution in [0, 0.1) is 5.92 Å². The molecule has 0 unspecified atom stereocenters. The molecule has 0 aliphatic heterocycles. The average molecular weight is 518 g/mol. The minimum Gasteiger partial charge on any atom is -0.378 e. The smallest absolute Gasteiger partial charge is 0.0478 e. The summed E-state index contributed by atoms with van der Waals surface area (Å²) in [5.41, 5.74) is 10.2. The van der Waals surface area contributed by atoms with Gasteiger partial charge in [0.2, 0.25) is 0 Å². The normalized spacial score (nSPS) is 14.0. The van der Waals surface area contributed by atoms with Crippen LogP contribution in [0.1, 0.15) is 50.2 Å². The van der Waals surface area contributed by atoms with Crippen molar-refractivity contribution in [3.63, 3.8) is 0 Å². The molecule has 3 heteroatoms. The van der Waals surface area contributed by atoms with Crippen molar-refractivity contribution in [2.45, 2.75) is 45.6 Å². The molecule has 0 radical (unpaired) electrons. The Morgan fingerprint density at radius 3 is 2.10 bits per heavy atom. The molecule has 0 saturated heterocycles. The van der Waals surface area contributed by atoms with Crippen molar-refractivity contribution in [3.8, 4) is 11.1 Å². The van der Waals surface area contributed by atoms with Gasteiger partial charge in [-0.25, -0.2) is 0 Å². The first-order valence-corrected chi connectivity index (χ1v) is 14.1. The molecule has 202 valence electrons. The minimum absolute atomic E-state index is 0.522. The van der Waals surface area contributed by atoms with Gasteiger partial charge in [-0.2, -0.15) is 0 Å². The maximum absolute atomic E-state index is 4.65. The number of nitrogens with zero attached hydrogens (tertiary/aromatic N) is 2. The third-order valence-corrected chi connectivity index (χ3v) is 7.77. The third kappa shape index (κ3) is 7.11. The summed E-state index contributed by atoms with van der Waals surface area (Å²) in [6.45, 7) is 15.6. The van der Waals surface area contributed by atoms with Gasteiger partial charge in [0.15, 0.2) is 0 Å². The summed E-state index contributed by atoms with van der Waals surface area (Å²) in [6.07, 6.45) is 10.1. The maximum atomic E-state index is 4.65. The summed E-state index contributed by atoms with van der Waals surface area (Å²) in [5, 5.41) is 3.38. The molecule has 1 saturated carbocycles. The molecule has 4 rings (SSSR count). The van der Waals surface area contributed by atoms with Gasteiger partial charge in [0.25, 0.3) is 0 Å². The van der Waals surface area contributed by atoms with Crippen molar-refractivity contribution >= 4 is 17.1 Å². The zero-order chi connectivity index (χ0) is 27.8. The standard InChI is InChI=1S/C36H43N3/c1-7-34(8-2)37-27(3)33-15-12-16-36(25-33)39(28(4)30-13-10-9-11-14-30)26-29-17-19-31(20-18-29)32-21-23-35(24-22-32)38(5)6/h7-8,12,15-25,30,37H,1,3-4,9-11,13-14,26H2,2,5-6H3/b34-8+. The highest BCUT2D eigenvalue weighted by atomic mass is 15.1. The fraction of sp³-hybridized carbons (Fsp3) is 0.278. The number of benzene rings is 3. The van der Waals surface area contributed by atoms with Crippen LogP contribution in [-0.2, 0) is 6.54 Å². The van der Waals surface area contributed by atoms with Gasteiger partial charge in [0.05, 0.1) is 0 Å². The van der Waals surface area contributed by atoms with E-state index in [-0.39, 0.29) is 0 Å². The fourth-order valence-corrected chi connectivity index (χ4v) is 5.30. The summed E-state index contributed by atoms with van der Waals surface area (Å²) in [7, 11) is 4.14. The molecule has 3 nitrogen and oxygen atoms in total. The van der Waals surface area contributed by atoms with Gasteiger partial charge in [0.1, 0.15) is 0 Å². The van der Waals surface area contributed by atoms with Crippen molar-refractivity contribution in [1.82, 2.24) is 5.32 Å². The Kier molecular flexibility index (Phi) is 9.49. The first-order valence-electron chi connectivity index (χ1n) is 14.1. The molecule has 39 heavy (non-hydrogen) atoms. The van der Waals surface area contributed by atoms with E-state index in [1.165, 1.54) is 60.2 Å². The second-order valence-corrected chi connectivity index (χ2v) is 10.7. The van der Waals surface area contributed by atoms with E-state index in [0.29, 0.717) is 5.92 Å². The van der Waals surface area contributed by atoms with E-state index >= 15 is 0 Å². The van der Waals surface area contributed by atoms with Crippen molar-refractivity contribution in [2.75, 3.05) is 23.9 Å².